The molecular weight excluding hydrogens is 324 g/mol. The van der Waals surface area contributed by atoms with Crippen LogP contribution in [0.4, 0.5) is 0 Å². The maximum Gasteiger partial charge on any atom is 0.314 e. The molecule has 0 amide bonds. The number of hydrogen-bond donors (Lipinski definition) is 5. The molecule has 25 heavy (non-hydrogen) atoms. The van der Waals surface area contributed by atoms with Crippen molar-refractivity contribution < 1.29 is 30.3 Å². The summed E-state index contributed by atoms with van der Waals surface area (Å²) in [7, 11) is 0. The van der Waals surface area contributed by atoms with E-state index in [-0.39, 0.29) is 18.6 Å². The van der Waals surface area contributed by atoms with E-state index < -0.39 is 24.6 Å². The van der Waals surface area contributed by atoms with E-state index in [1.54, 1.807) is 0 Å². The normalized spacial score (nSPS) is 11.4. The van der Waals surface area contributed by atoms with Crippen molar-refractivity contribution in [3.63, 3.8) is 0 Å². The third-order valence-corrected chi connectivity index (χ3v) is 4.21. The number of aliphatic carboxylic acids is 1. The molecule has 0 aliphatic carbocycles. The summed E-state index contributed by atoms with van der Waals surface area (Å²) in [5, 5.41) is 43.5. The standard InChI is InChI=1S/C14H20O2.C5H10O4/c1-3-12-4-6-13(7-5-12)8-9-14(2,10-15)11-16;1-5(2-6,3-7)4(8)9/h3-7,15-16H,1,8-11H2,2H3;6-7H,2-3H2,1H3,(H,8,9). The van der Waals surface area contributed by atoms with Gasteiger partial charge in [0.25, 0.3) is 0 Å². The van der Waals surface area contributed by atoms with Gasteiger partial charge in [0.2, 0.25) is 0 Å². The molecule has 1 aromatic carbocycles. The van der Waals surface area contributed by atoms with Gasteiger partial charge in [-0.1, -0.05) is 43.8 Å². The number of benzene rings is 1. The number of aliphatic hydroxyl groups is 4. The van der Waals surface area contributed by atoms with Crippen molar-refractivity contribution in [2.75, 3.05) is 26.4 Å². The highest BCUT2D eigenvalue weighted by Crippen LogP contribution is 2.22. The van der Waals surface area contributed by atoms with E-state index in [9.17, 15) is 15.0 Å². The monoisotopic (exact) mass is 354 g/mol. The van der Waals surface area contributed by atoms with Gasteiger partial charge in [-0.2, -0.15) is 0 Å². The molecule has 0 radical (unpaired) electrons. The molecule has 6 heteroatoms. The van der Waals surface area contributed by atoms with E-state index in [4.69, 9.17) is 15.3 Å². The van der Waals surface area contributed by atoms with Crippen LogP contribution in [0.2, 0.25) is 0 Å². The first-order valence-corrected chi connectivity index (χ1v) is 8.08. The molecule has 0 fully saturated rings. The first-order chi connectivity index (χ1) is 11.7. The molecule has 0 aromatic heterocycles. The van der Waals surface area contributed by atoms with Crippen LogP contribution in [-0.2, 0) is 11.2 Å². The smallest absolute Gasteiger partial charge is 0.314 e. The van der Waals surface area contributed by atoms with E-state index >= 15 is 0 Å². The number of rotatable bonds is 9. The van der Waals surface area contributed by atoms with Gasteiger partial charge in [-0.25, -0.2) is 0 Å². The summed E-state index contributed by atoms with van der Waals surface area (Å²) in [4.78, 5) is 10.2. The van der Waals surface area contributed by atoms with Crippen molar-refractivity contribution in [2.45, 2.75) is 26.7 Å². The maximum absolute atomic E-state index is 10.2. The van der Waals surface area contributed by atoms with Gasteiger partial charge in [-0.05, 0) is 30.9 Å². The molecule has 0 heterocycles. The van der Waals surface area contributed by atoms with Crippen LogP contribution in [0.5, 0.6) is 0 Å². The third-order valence-electron chi connectivity index (χ3n) is 4.21. The Labute approximate surface area is 149 Å². The van der Waals surface area contributed by atoms with Crippen LogP contribution in [0.3, 0.4) is 0 Å². The van der Waals surface area contributed by atoms with Gasteiger partial charge < -0.3 is 25.5 Å². The van der Waals surface area contributed by atoms with Crippen molar-refractivity contribution in [1.29, 1.82) is 0 Å². The number of hydrogen-bond acceptors (Lipinski definition) is 5. The second kappa shape index (κ2) is 11.0. The Hall–Kier alpha value is -1.73. The molecule has 0 spiro atoms. The summed E-state index contributed by atoms with van der Waals surface area (Å²) in [5.74, 6) is -1.19. The van der Waals surface area contributed by atoms with Crippen LogP contribution in [0.25, 0.3) is 6.08 Å². The SMILES string of the molecule is C=Cc1ccc(CCC(C)(CO)CO)cc1.CC(CO)(CO)C(=O)O. The molecule has 0 bridgehead atoms. The highest BCUT2D eigenvalue weighted by atomic mass is 16.4. The summed E-state index contributed by atoms with van der Waals surface area (Å²) < 4.78 is 0. The van der Waals surface area contributed by atoms with Gasteiger partial charge in [-0.15, -0.1) is 0 Å². The van der Waals surface area contributed by atoms with Crippen LogP contribution in [0.15, 0.2) is 30.8 Å². The van der Waals surface area contributed by atoms with Gasteiger partial charge in [0.15, 0.2) is 0 Å². The largest absolute Gasteiger partial charge is 0.481 e. The third kappa shape index (κ3) is 7.79. The minimum Gasteiger partial charge on any atom is -0.481 e. The van der Waals surface area contributed by atoms with E-state index in [0.29, 0.717) is 0 Å². The summed E-state index contributed by atoms with van der Waals surface area (Å²) in [6.07, 6.45) is 3.47. The molecule has 0 unspecified atom stereocenters. The molecule has 0 aliphatic heterocycles. The quantitative estimate of drug-likeness (QED) is 0.456. The molecule has 1 aromatic rings. The van der Waals surface area contributed by atoms with Crippen LogP contribution in [0, 0.1) is 10.8 Å². The molecule has 0 saturated carbocycles. The Kier molecular flexibility index (Phi) is 10.2. The number of carbonyl (C=O) groups is 1. The molecule has 0 aliphatic rings. The zero-order valence-corrected chi connectivity index (χ0v) is 15.0. The molecule has 0 saturated heterocycles. The van der Waals surface area contributed by atoms with E-state index in [1.807, 2.05) is 25.1 Å². The number of carboxylic acid groups (broad SMARTS) is 1. The van der Waals surface area contributed by atoms with E-state index in [1.165, 1.54) is 12.5 Å². The molecule has 0 atom stereocenters. The first-order valence-electron chi connectivity index (χ1n) is 8.08. The predicted octanol–water partition coefficient (Wildman–Crippen LogP) is 1.31. The van der Waals surface area contributed by atoms with E-state index in [2.05, 4.69) is 18.7 Å². The van der Waals surface area contributed by atoms with Crippen LogP contribution >= 0.6 is 0 Å². The molecule has 6 nitrogen and oxygen atoms in total. The minimum absolute atomic E-state index is 0.0221. The second-order valence-electron chi connectivity index (χ2n) is 6.75. The maximum atomic E-state index is 10.2. The highest BCUT2D eigenvalue weighted by molar-refractivity contribution is 5.74. The highest BCUT2D eigenvalue weighted by Gasteiger charge is 2.31. The Balaban J connectivity index is 0.000000547. The topological polar surface area (TPSA) is 118 Å². The summed E-state index contributed by atoms with van der Waals surface area (Å²) >= 11 is 0. The lowest BCUT2D eigenvalue weighted by molar-refractivity contribution is -0.152. The Bertz CT molecular complexity index is 515. The van der Waals surface area contributed by atoms with Crippen LogP contribution in [0.1, 0.15) is 31.4 Å². The van der Waals surface area contributed by atoms with Crippen molar-refractivity contribution in [2.24, 2.45) is 10.8 Å². The predicted molar refractivity (Wildman–Crippen MR) is 97.0 cm³/mol. The fraction of sp³-hybridized carbons (Fsp3) is 0.526. The van der Waals surface area contributed by atoms with Gasteiger partial charge >= 0.3 is 5.97 Å². The summed E-state index contributed by atoms with van der Waals surface area (Å²) in [6.45, 7) is 5.83. The Morgan fingerprint density at radius 1 is 1.00 bits per heavy atom. The fourth-order valence-electron chi connectivity index (χ4n) is 1.66. The van der Waals surface area contributed by atoms with Crippen molar-refractivity contribution in [3.05, 3.63) is 42.0 Å². The Morgan fingerprint density at radius 2 is 1.48 bits per heavy atom. The molecule has 142 valence electrons. The summed E-state index contributed by atoms with van der Waals surface area (Å²) in [5.41, 5.74) is 0.562. The minimum atomic E-state index is -1.39. The first kappa shape index (κ1) is 23.3. The molecule has 5 N–H and O–H groups in total. The van der Waals surface area contributed by atoms with Gasteiger partial charge in [0.05, 0.1) is 26.4 Å². The lowest BCUT2D eigenvalue weighted by Crippen LogP contribution is -2.35. The number of aliphatic hydroxyl groups excluding tert-OH is 4. The zero-order chi connectivity index (χ0) is 19.5. The van der Waals surface area contributed by atoms with Gasteiger partial charge in [0, 0.05) is 5.41 Å². The lowest BCUT2D eigenvalue weighted by Gasteiger charge is -2.24. The fourth-order valence-corrected chi connectivity index (χ4v) is 1.66. The lowest BCUT2D eigenvalue weighted by atomic mass is 9.86. The van der Waals surface area contributed by atoms with E-state index in [0.717, 1.165) is 18.4 Å². The number of aryl methyl sites for hydroxylation is 1. The Morgan fingerprint density at radius 3 is 1.76 bits per heavy atom. The molecular formula is C19H30O6. The van der Waals surface area contributed by atoms with Gasteiger partial charge in [-0.3, -0.25) is 4.79 Å². The second-order valence-corrected chi connectivity index (χ2v) is 6.75. The number of carboxylic acids is 1. The van der Waals surface area contributed by atoms with Crippen molar-refractivity contribution >= 4 is 12.0 Å². The molecule has 1 rings (SSSR count). The van der Waals surface area contributed by atoms with Crippen LogP contribution in [-0.4, -0.2) is 57.9 Å². The average Bonchev–Trinajstić information content (AvgIpc) is 2.66. The summed E-state index contributed by atoms with van der Waals surface area (Å²) in [6, 6.07) is 8.17. The van der Waals surface area contributed by atoms with Crippen LogP contribution < -0.4 is 0 Å². The van der Waals surface area contributed by atoms with Crippen molar-refractivity contribution in [1.82, 2.24) is 0 Å². The van der Waals surface area contributed by atoms with Gasteiger partial charge in [0.1, 0.15) is 5.41 Å². The average molecular weight is 354 g/mol. The zero-order valence-electron chi connectivity index (χ0n) is 15.0. The van der Waals surface area contributed by atoms with Crippen molar-refractivity contribution in [3.8, 4) is 0 Å².